The lowest BCUT2D eigenvalue weighted by atomic mass is 10.2. The van der Waals surface area contributed by atoms with E-state index in [1.807, 2.05) is 18.2 Å². The zero-order valence-electron chi connectivity index (χ0n) is 12.7. The summed E-state index contributed by atoms with van der Waals surface area (Å²) in [5.74, 6) is -0.00185. The van der Waals surface area contributed by atoms with Gasteiger partial charge in [-0.3, -0.25) is 0 Å². The van der Waals surface area contributed by atoms with Gasteiger partial charge in [-0.2, -0.15) is 0 Å². The molecule has 0 unspecified atom stereocenters. The Morgan fingerprint density at radius 2 is 1.41 bits per heavy atom. The van der Waals surface area contributed by atoms with Crippen molar-refractivity contribution in [1.82, 2.24) is 8.61 Å². The number of hydrogen-bond donors (Lipinski definition) is 0. The highest BCUT2D eigenvalue weighted by molar-refractivity contribution is 7.89. The van der Waals surface area contributed by atoms with Crippen LogP contribution in [0, 0.1) is 0 Å². The quantitative estimate of drug-likeness (QED) is 0.793. The molecule has 0 atom stereocenters. The van der Waals surface area contributed by atoms with Crippen LogP contribution < -0.4 is 0 Å². The summed E-state index contributed by atoms with van der Waals surface area (Å²) in [5.41, 5.74) is 0.741. The van der Waals surface area contributed by atoms with Crippen LogP contribution in [0.1, 0.15) is 18.9 Å². The number of hydrogen-bond acceptors (Lipinski definition) is 4. The number of rotatable bonds is 5. The summed E-state index contributed by atoms with van der Waals surface area (Å²) in [6, 6.07) is 9.02. The second kappa shape index (κ2) is 7.08. The Labute approximate surface area is 132 Å². The molecule has 0 spiro atoms. The van der Waals surface area contributed by atoms with Gasteiger partial charge >= 0.3 is 0 Å². The lowest BCUT2D eigenvalue weighted by Gasteiger charge is -2.21. The Morgan fingerprint density at radius 1 is 0.864 bits per heavy atom. The average molecular weight is 346 g/mol. The Hall–Kier alpha value is -0.960. The third-order valence-electron chi connectivity index (χ3n) is 3.76. The summed E-state index contributed by atoms with van der Waals surface area (Å²) in [7, 11) is -6.68. The number of benzene rings is 1. The van der Waals surface area contributed by atoms with Gasteiger partial charge < -0.3 is 0 Å². The van der Waals surface area contributed by atoms with Crippen LogP contribution in [0.2, 0.25) is 0 Å². The smallest absolute Gasteiger partial charge is 0.212 e. The minimum atomic E-state index is -3.42. The Bertz CT molecular complexity index is 687. The molecule has 1 fully saturated rings. The van der Waals surface area contributed by atoms with Gasteiger partial charge in [0, 0.05) is 26.2 Å². The molecule has 1 saturated heterocycles. The fourth-order valence-electron chi connectivity index (χ4n) is 2.49. The SMILES string of the molecule is CCS(=O)(=O)N1CCCN(S(=O)(=O)Cc2ccccc2)CC1. The van der Waals surface area contributed by atoms with Crippen LogP contribution in [-0.4, -0.2) is 57.4 Å². The fraction of sp³-hybridized carbons (Fsp3) is 0.571. The van der Waals surface area contributed by atoms with E-state index in [0.29, 0.717) is 19.5 Å². The van der Waals surface area contributed by atoms with Gasteiger partial charge in [-0.25, -0.2) is 25.4 Å². The van der Waals surface area contributed by atoms with Gasteiger partial charge in [-0.1, -0.05) is 30.3 Å². The first-order valence-electron chi connectivity index (χ1n) is 7.35. The third-order valence-corrected chi connectivity index (χ3v) is 7.49. The maximum absolute atomic E-state index is 12.5. The maximum Gasteiger partial charge on any atom is 0.218 e. The summed E-state index contributed by atoms with van der Waals surface area (Å²) in [6.45, 7) is 2.79. The highest BCUT2D eigenvalue weighted by Gasteiger charge is 2.29. The first kappa shape index (κ1) is 17.4. The molecule has 22 heavy (non-hydrogen) atoms. The lowest BCUT2D eigenvalue weighted by molar-refractivity contribution is 0.404. The summed E-state index contributed by atoms with van der Waals surface area (Å²) in [5, 5.41) is 0. The van der Waals surface area contributed by atoms with Crippen molar-refractivity contribution in [2.45, 2.75) is 19.1 Å². The number of nitrogens with zero attached hydrogens (tertiary/aromatic N) is 2. The van der Waals surface area contributed by atoms with E-state index in [-0.39, 0.29) is 24.6 Å². The molecular weight excluding hydrogens is 324 g/mol. The molecule has 0 saturated carbocycles. The zero-order chi connectivity index (χ0) is 16.2. The molecular formula is C14H22N2O4S2. The van der Waals surface area contributed by atoms with Crippen LogP contribution in [0.4, 0.5) is 0 Å². The molecule has 0 aromatic heterocycles. The molecule has 0 N–H and O–H groups in total. The van der Waals surface area contributed by atoms with Crippen LogP contribution in [-0.2, 0) is 25.8 Å². The van der Waals surface area contributed by atoms with E-state index in [4.69, 9.17) is 0 Å². The van der Waals surface area contributed by atoms with E-state index >= 15 is 0 Å². The predicted octanol–water partition coefficient (Wildman–Crippen LogP) is 0.874. The minimum Gasteiger partial charge on any atom is -0.212 e. The van der Waals surface area contributed by atoms with Crippen molar-refractivity contribution in [1.29, 1.82) is 0 Å². The van der Waals surface area contributed by atoms with E-state index in [1.54, 1.807) is 19.1 Å². The van der Waals surface area contributed by atoms with Gasteiger partial charge in [-0.15, -0.1) is 0 Å². The average Bonchev–Trinajstić information content (AvgIpc) is 2.75. The van der Waals surface area contributed by atoms with E-state index in [0.717, 1.165) is 5.56 Å². The van der Waals surface area contributed by atoms with Gasteiger partial charge in [-0.05, 0) is 18.9 Å². The fourth-order valence-corrected chi connectivity index (χ4v) is 5.18. The van der Waals surface area contributed by atoms with Crippen LogP contribution in [0.5, 0.6) is 0 Å². The zero-order valence-corrected chi connectivity index (χ0v) is 14.3. The second-order valence-electron chi connectivity index (χ2n) is 5.29. The minimum absolute atomic E-state index is 0.0454. The van der Waals surface area contributed by atoms with Crippen LogP contribution in [0.25, 0.3) is 0 Å². The van der Waals surface area contributed by atoms with Gasteiger partial charge in [0.15, 0.2) is 0 Å². The molecule has 1 aliphatic rings. The van der Waals surface area contributed by atoms with Crippen molar-refractivity contribution < 1.29 is 16.8 Å². The molecule has 0 amide bonds. The van der Waals surface area contributed by atoms with Crippen molar-refractivity contribution in [2.24, 2.45) is 0 Å². The number of sulfonamides is 2. The Kier molecular flexibility index (Phi) is 5.60. The predicted molar refractivity (Wildman–Crippen MR) is 86.3 cm³/mol. The molecule has 8 heteroatoms. The summed E-state index contributed by atoms with van der Waals surface area (Å²) in [6.07, 6.45) is 0.521. The van der Waals surface area contributed by atoms with Crippen LogP contribution in [0.3, 0.4) is 0 Å². The molecule has 6 nitrogen and oxygen atoms in total. The molecule has 1 aliphatic heterocycles. The molecule has 0 bridgehead atoms. The third kappa shape index (κ3) is 4.28. The van der Waals surface area contributed by atoms with Crippen LogP contribution in [0.15, 0.2) is 30.3 Å². The molecule has 0 aliphatic carbocycles. The van der Waals surface area contributed by atoms with Gasteiger partial charge in [0.2, 0.25) is 20.0 Å². The molecule has 0 radical (unpaired) electrons. The van der Waals surface area contributed by atoms with Crippen molar-refractivity contribution in [3.05, 3.63) is 35.9 Å². The van der Waals surface area contributed by atoms with Gasteiger partial charge in [0.25, 0.3) is 0 Å². The van der Waals surface area contributed by atoms with Crippen molar-refractivity contribution in [3.63, 3.8) is 0 Å². The topological polar surface area (TPSA) is 74.8 Å². The van der Waals surface area contributed by atoms with E-state index in [1.165, 1.54) is 8.61 Å². The standard InChI is InChI=1S/C14H22N2O4S2/c1-2-21(17,18)15-9-6-10-16(12-11-15)22(19,20)13-14-7-4-3-5-8-14/h3-5,7-8H,2,6,9-13H2,1H3. The Balaban J connectivity index is 2.07. The van der Waals surface area contributed by atoms with Crippen molar-refractivity contribution in [3.8, 4) is 0 Å². The summed E-state index contributed by atoms with van der Waals surface area (Å²) in [4.78, 5) is 0. The van der Waals surface area contributed by atoms with Crippen LogP contribution >= 0.6 is 0 Å². The Morgan fingerprint density at radius 3 is 1.95 bits per heavy atom. The van der Waals surface area contributed by atoms with Crippen molar-refractivity contribution in [2.75, 3.05) is 31.9 Å². The lowest BCUT2D eigenvalue weighted by Crippen LogP contribution is -2.38. The summed E-state index contributed by atoms with van der Waals surface area (Å²) >= 11 is 0. The highest BCUT2D eigenvalue weighted by Crippen LogP contribution is 2.15. The first-order chi connectivity index (χ1) is 10.3. The van der Waals surface area contributed by atoms with E-state index in [9.17, 15) is 16.8 Å². The molecule has 1 aromatic rings. The van der Waals surface area contributed by atoms with Gasteiger partial charge in [0.05, 0.1) is 11.5 Å². The first-order valence-corrected chi connectivity index (χ1v) is 10.6. The molecule has 1 heterocycles. The normalized spacial score (nSPS) is 19.0. The molecule has 2 rings (SSSR count). The van der Waals surface area contributed by atoms with Gasteiger partial charge in [0.1, 0.15) is 0 Å². The monoisotopic (exact) mass is 346 g/mol. The molecule has 124 valence electrons. The largest absolute Gasteiger partial charge is 0.218 e. The maximum atomic E-state index is 12.5. The second-order valence-corrected chi connectivity index (χ2v) is 9.52. The highest BCUT2D eigenvalue weighted by atomic mass is 32.2. The summed E-state index contributed by atoms with van der Waals surface area (Å²) < 4.78 is 51.6. The van der Waals surface area contributed by atoms with E-state index < -0.39 is 20.0 Å². The molecule has 1 aromatic carbocycles. The van der Waals surface area contributed by atoms with E-state index in [2.05, 4.69) is 0 Å². The van der Waals surface area contributed by atoms with Crippen molar-refractivity contribution >= 4 is 20.0 Å².